The number of rotatable bonds is 12. The van der Waals surface area contributed by atoms with Gasteiger partial charge in [-0.3, -0.25) is 14.6 Å². The number of halogens is 3. The third-order valence-corrected chi connectivity index (χ3v) is 6.56. The van der Waals surface area contributed by atoms with Crippen molar-refractivity contribution in [2.75, 3.05) is 39.0 Å². The van der Waals surface area contributed by atoms with Crippen LogP contribution in [0.3, 0.4) is 0 Å². The summed E-state index contributed by atoms with van der Waals surface area (Å²) in [5.41, 5.74) is 12.6. The van der Waals surface area contributed by atoms with Crippen molar-refractivity contribution in [1.29, 1.82) is 0 Å². The first kappa shape index (κ1) is 30.0. The Labute approximate surface area is 226 Å². The summed E-state index contributed by atoms with van der Waals surface area (Å²) in [5, 5.41) is 6.27. The number of nitrogens with zero attached hydrogens (tertiary/aromatic N) is 2. The average molecular weight is 546 g/mol. The molecular weight excluding hydrogens is 509 g/mol. The minimum absolute atomic E-state index is 0.0239. The molecule has 3 rings (SSSR count). The van der Waals surface area contributed by atoms with Crippen molar-refractivity contribution < 1.29 is 27.2 Å². The predicted octanol–water partition coefficient (Wildman–Crippen LogP) is 3.06. The van der Waals surface area contributed by atoms with E-state index in [1.165, 1.54) is 18.3 Å². The number of amides is 2. The molecule has 39 heavy (non-hydrogen) atoms. The number of pyridine rings is 1. The van der Waals surface area contributed by atoms with E-state index in [0.717, 1.165) is 36.1 Å². The summed E-state index contributed by atoms with van der Waals surface area (Å²) in [6, 6.07) is 11.7. The third-order valence-electron chi connectivity index (χ3n) is 6.56. The van der Waals surface area contributed by atoms with Gasteiger partial charge in [0.05, 0.1) is 56.2 Å². The molecule has 0 radical (unpaired) electrons. The van der Waals surface area contributed by atoms with Gasteiger partial charge >= 0.3 is 6.18 Å². The number of hydrogen-bond donors (Lipinski definition) is 4. The molecule has 2 atom stereocenters. The van der Waals surface area contributed by atoms with Crippen LogP contribution in [0.4, 0.5) is 18.9 Å². The summed E-state index contributed by atoms with van der Waals surface area (Å²) in [7, 11) is 4.09. The topological polar surface area (TPSA) is 123 Å². The number of nitrogens with one attached hydrogen (secondary N) is 2. The monoisotopic (exact) mass is 545 g/mol. The van der Waals surface area contributed by atoms with Crippen molar-refractivity contribution in [1.82, 2.24) is 10.3 Å². The van der Waals surface area contributed by atoms with Gasteiger partial charge in [0, 0.05) is 18.4 Å². The van der Waals surface area contributed by atoms with Crippen molar-refractivity contribution in [3.8, 4) is 0 Å². The summed E-state index contributed by atoms with van der Waals surface area (Å²) in [5.74, 6) is -1.05. The van der Waals surface area contributed by atoms with Crippen LogP contribution >= 0.6 is 0 Å². The summed E-state index contributed by atoms with van der Waals surface area (Å²) in [6.45, 7) is 2.12. The lowest BCUT2D eigenvalue weighted by Gasteiger charge is -2.29. The fourth-order valence-electron chi connectivity index (χ4n) is 4.25. The highest BCUT2D eigenvalue weighted by atomic mass is 19.4. The van der Waals surface area contributed by atoms with E-state index in [0.29, 0.717) is 35.1 Å². The van der Waals surface area contributed by atoms with E-state index in [2.05, 4.69) is 15.6 Å². The van der Waals surface area contributed by atoms with Crippen LogP contribution in [0.25, 0.3) is 10.9 Å². The minimum atomic E-state index is -4.48. The number of carbonyl (C=O) groups is 2. The molecule has 3 aromatic rings. The smallest absolute Gasteiger partial charge is 0.343 e. The molecule has 0 saturated heterocycles. The summed E-state index contributed by atoms with van der Waals surface area (Å²) < 4.78 is 39.7. The van der Waals surface area contributed by atoms with Gasteiger partial charge in [-0.15, -0.1) is 0 Å². The van der Waals surface area contributed by atoms with Crippen molar-refractivity contribution >= 4 is 28.4 Å². The number of anilines is 1. The minimum Gasteiger partial charge on any atom is -0.343 e. The Morgan fingerprint density at radius 1 is 1.03 bits per heavy atom. The molecule has 0 spiro atoms. The zero-order valence-electron chi connectivity index (χ0n) is 22.2. The van der Waals surface area contributed by atoms with E-state index in [-0.39, 0.29) is 6.42 Å². The molecule has 2 aromatic carbocycles. The number of likely N-dealkylation sites (N-methyl/N-ethyl adjacent to an activating group) is 1. The first-order valence-corrected chi connectivity index (χ1v) is 12.8. The Kier molecular flexibility index (Phi) is 10.0. The van der Waals surface area contributed by atoms with Crippen LogP contribution in [0.1, 0.15) is 24.0 Å². The van der Waals surface area contributed by atoms with Gasteiger partial charge in [0.1, 0.15) is 6.04 Å². The first-order chi connectivity index (χ1) is 18.4. The lowest BCUT2D eigenvalue weighted by molar-refractivity contribution is -0.889. The van der Waals surface area contributed by atoms with E-state index in [4.69, 9.17) is 11.5 Å². The van der Waals surface area contributed by atoms with Gasteiger partial charge in [-0.1, -0.05) is 30.3 Å². The average Bonchev–Trinajstić information content (AvgIpc) is 2.87. The molecule has 6 N–H and O–H groups in total. The molecule has 0 bridgehead atoms. The van der Waals surface area contributed by atoms with Gasteiger partial charge < -0.3 is 26.6 Å². The molecule has 0 fully saturated rings. The molecule has 1 aromatic heterocycles. The Morgan fingerprint density at radius 3 is 2.38 bits per heavy atom. The normalized spacial score (nSPS) is 13.6. The number of hydrogen-bond acceptors (Lipinski definition) is 5. The van der Waals surface area contributed by atoms with E-state index in [1.807, 2.05) is 38.4 Å². The predicted molar refractivity (Wildman–Crippen MR) is 146 cm³/mol. The Balaban J connectivity index is 1.73. The van der Waals surface area contributed by atoms with Crippen LogP contribution < -0.4 is 22.1 Å². The van der Waals surface area contributed by atoms with Crippen molar-refractivity contribution in [3.63, 3.8) is 0 Å². The lowest BCUT2D eigenvalue weighted by atomic mass is 10.0. The maximum absolute atomic E-state index is 13.3. The second-order valence-electron chi connectivity index (χ2n) is 10.3. The van der Waals surface area contributed by atoms with E-state index in [1.54, 1.807) is 6.07 Å². The molecule has 1 heterocycles. The number of nitrogens with two attached hydrogens (primary N) is 2. The van der Waals surface area contributed by atoms with Gasteiger partial charge in [-0.05, 0) is 42.7 Å². The van der Waals surface area contributed by atoms with E-state index in [9.17, 15) is 22.8 Å². The molecule has 8 nitrogen and oxygen atoms in total. The molecular formula is C28H36F3N6O2+. The molecule has 210 valence electrons. The largest absolute Gasteiger partial charge is 0.416 e. The maximum Gasteiger partial charge on any atom is 0.416 e. The first-order valence-electron chi connectivity index (χ1n) is 12.8. The summed E-state index contributed by atoms with van der Waals surface area (Å²) in [4.78, 5) is 30.5. The zero-order valence-corrected chi connectivity index (χ0v) is 22.2. The number of fused-ring (bicyclic) bond motifs is 1. The van der Waals surface area contributed by atoms with Crippen molar-refractivity contribution in [2.45, 2.75) is 37.5 Å². The summed E-state index contributed by atoms with van der Waals surface area (Å²) >= 11 is 0. The van der Waals surface area contributed by atoms with Gasteiger partial charge in [0.15, 0.2) is 0 Å². The van der Waals surface area contributed by atoms with Gasteiger partial charge in [-0.2, -0.15) is 13.2 Å². The Hall–Kier alpha value is -3.54. The number of quaternary nitrogens is 1. The second kappa shape index (κ2) is 13.0. The highest BCUT2D eigenvalue weighted by Gasteiger charge is 2.30. The molecule has 2 amide bonds. The highest BCUT2D eigenvalue weighted by Crippen LogP contribution is 2.29. The quantitative estimate of drug-likeness (QED) is 0.261. The van der Waals surface area contributed by atoms with Gasteiger partial charge in [-0.25, -0.2) is 0 Å². The van der Waals surface area contributed by atoms with Crippen LogP contribution in [-0.2, 0) is 22.2 Å². The van der Waals surface area contributed by atoms with Crippen LogP contribution in [0, 0.1) is 0 Å². The number of alkyl halides is 3. The number of benzene rings is 2. The van der Waals surface area contributed by atoms with Gasteiger partial charge in [0.25, 0.3) is 0 Å². The molecule has 0 saturated carbocycles. The fourth-order valence-corrected chi connectivity index (χ4v) is 4.25. The molecule has 0 aliphatic carbocycles. The highest BCUT2D eigenvalue weighted by molar-refractivity contribution is 5.99. The second-order valence-corrected chi connectivity index (χ2v) is 10.3. The lowest BCUT2D eigenvalue weighted by Crippen LogP contribution is -2.51. The number of para-hydroxylation sites is 1. The van der Waals surface area contributed by atoms with E-state index >= 15 is 0 Å². The van der Waals surface area contributed by atoms with Crippen molar-refractivity contribution in [2.24, 2.45) is 11.5 Å². The Morgan fingerprint density at radius 2 is 1.72 bits per heavy atom. The van der Waals surface area contributed by atoms with E-state index < -0.39 is 35.6 Å². The fraction of sp³-hybridized carbons (Fsp3) is 0.393. The number of carbonyl (C=O) groups excluding carboxylic acids is 2. The molecule has 0 aliphatic rings. The standard InChI is InChI=1S/C28H35F3N6O2/c1-37(2,15-13-32)14-5-7-23(33)26(38)36-25(16-19-9-11-21(12-10-19)28(29,30)31)27(39)35-22-17-20-6-3-4-8-24(20)34-18-22/h3-4,6,8-12,17-18,23,25H,5,7,13-16,32-33H2,1-2H3,(H-,35,36,38,39)/p+1. The van der Waals surface area contributed by atoms with Gasteiger partial charge in [0.2, 0.25) is 11.8 Å². The maximum atomic E-state index is 13.3. The summed E-state index contributed by atoms with van der Waals surface area (Å²) in [6.07, 6.45) is -1.91. The zero-order chi connectivity index (χ0) is 28.6. The molecule has 11 heteroatoms. The number of aromatic nitrogens is 1. The van der Waals surface area contributed by atoms with Crippen LogP contribution in [0.5, 0.6) is 0 Å². The van der Waals surface area contributed by atoms with Crippen LogP contribution in [0.15, 0.2) is 60.8 Å². The third kappa shape index (κ3) is 9.02. The van der Waals surface area contributed by atoms with Crippen molar-refractivity contribution in [3.05, 3.63) is 71.9 Å². The Bertz CT molecular complexity index is 1260. The molecule has 0 aliphatic heterocycles. The molecule has 2 unspecified atom stereocenters. The van der Waals surface area contributed by atoms with Crippen LogP contribution in [0.2, 0.25) is 0 Å². The van der Waals surface area contributed by atoms with Crippen LogP contribution in [-0.4, -0.2) is 67.1 Å². The SMILES string of the molecule is C[N+](C)(CCN)CCCC(N)C(=O)NC(Cc1ccc(C(F)(F)F)cc1)C(=O)Nc1cnc2ccccc2c1.